The first-order valence-electron chi connectivity index (χ1n) is 7.10. The molecule has 1 aromatic carbocycles. The van der Waals surface area contributed by atoms with E-state index in [9.17, 15) is 8.78 Å². The van der Waals surface area contributed by atoms with E-state index in [0.717, 1.165) is 18.9 Å². The van der Waals surface area contributed by atoms with Gasteiger partial charge in [-0.05, 0) is 34.8 Å². The minimum Gasteiger partial charge on any atom is -0.353 e. The summed E-state index contributed by atoms with van der Waals surface area (Å²) >= 11 is 3.09. The Labute approximate surface area is 130 Å². The lowest BCUT2D eigenvalue weighted by Gasteiger charge is -2.23. The van der Waals surface area contributed by atoms with E-state index in [1.807, 2.05) is 0 Å². The fourth-order valence-corrected chi connectivity index (χ4v) is 3.06. The summed E-state index contributed by atoms with van der Waals surface area (Å²) in [6.45, 7) is 0. The summed E-state index contributed by atoms with van der Waals surface area (Å²) in [4.78, 5) is 4.26. The van der Waals surface area contributed by atoms with E-state index >= 15 is 0 Å². The van der Waals surface area contributed by atoms with Crippen molar-refractivity contribution >= 4 is 21.9 Å². The van der Waals surface area contributed by atoms with Crippen molar-refractivity contribution in [3.63, 3.8) is 0 Å². The van der Waals surface area contributed by atoms with Gasteiger partial charge in [0.05, 0.1) is 10.2 Å². The molecule has 0 spiro atoms. The van der Waals surface area contributed by atoms with Crippen molar-refractivity contribution in [1.82, 2.24) is 9.55 Å². The number of hydrogen-bond acceptors (Lipinski definition) is 2. The van der Waals surface area contributed by atoms with Crippen molar-refractivity contribution in [1.29, 1.82) is 0 Å². The summed E-state index contributed by atoms with van der Waals surface area (Å²) in [6.07, 6.45) is 9.16. The summed E-state index contributed by atoms with van der Waals surface area (Å²) in [5.41, 5.74) is 0.277. The van der Waals surface area contributed by atoms with E-state index in [-0.39, 0.29) is 10.2 Å². The fraction of sp³-hybridized carbons (Fsp3) is 0.400. The quantitative estimate of drug-likeness (QED) is 0.811. The maximum atomic E-state index is 14.0. The Morgan fingerprint density at radius 3 is 2.67 bits per heavy atom. The molecule has 0 saturated heterocycles. The van der Waals surface area contributed by atoms with E-state index in [1.165, 1.54) is 25.3 Å². The van der Waals surface area contributed by atoms with Gasteiger partial charge in [-0.1, -0.05) is 19.3 Å². The standard InChI is InChI=1S/C15H16BrF2N3/c16-11-8-14(13(18)9-12(11)17)21-7-6-19-15(21)20-10-4-2-1-3-5-10/h6-10H,1-5H2,(H,19,20). The number of rotatable bonds is 3. The lowest BCUT2D eigenvalue weighted by Crippen LogP contribution is -2.24. The van der Waals surface area contributed by atoms with Crippen LogP contribution in [0.2, 0.25) is 0 Å². The monoisotopic (exact) mass is 355 g/mol. The van der Waals surface area contributed by atoms with Gasteiger partial charge < -0.3 is 5.32 Å². The summed E-state index contributed by atoms with van der Waals surface area (Å²) in [7, 11) is 0. The van der Waals surface area contributed by atoms with Gasteiger partial charge >= 0.3 is 0 Å². The average molecular weight is 356 g/mol. The molecule has 112 valence electrons. The highest BCUT2D eigenvalue weighted by molar-refractivity contribution is 9.10. The number of aromatic nitrogens is 2. The Morgan fingerprint density at radius 1 is 1.14 bits per heavy atom. The summed E-state index contributed by atoms with van der Waals surface area (Å²) in [5.74, 6) is -0.627. The zero-order chi connectivity index (χ0) is 14.8. The highest BCUT2D eigenvalue weighted by Gasteiger charge is 2.17. The first kappa shape index (κ1) is 14.5. The third-order valence-corrected chi connectivity index (χ3v) is 4.44. The van der Waals surface area contributed by atoms with Crippen LogP contribution in [0.4, 0.5) is 14.7 Å². The first-order valence-corrected chi connectivity index (χ1v) is 7.89. The van der Waals surface area contributed by atoms with Gasteiger partial charge in [0.15, 0.2) is 0 Å². The summed E-state index contributed by atoms with van der Waals surface area (Å²) in [5, 5.41) is 3.37. The number of benzene rings is 1. The molecule has 1 aliphatic carbocycles. The van der Waals surface area contributed by atoms with Crippen LogP contribution >= 0.6 is 15.9 Å². The van der Waals surface area contributed by atoms with Gasteiger partial charge in [0.2, 0.25) is 5.95 Å². The minimum absolute atomic E-state index is 0.233. The topological polar surface area (TPSA) is 29.9 Å². The van der Waals surface area contributed by atoms with Crippen LogP contribution in [0.1, 0.15) is 32.1 Å². The lowest BCUT2D eigenvalue weighted by molar-refractivity contribution is 0.460. The van der Waals surface area contributed by atoms with Crippen molar-refractivity contribution in [2.75, 3.05) is 5.32 Å². The molecule has 1 aromatic heterocycles. The zero-order valence-electron chi connectivity index (χ0n) is 11.5. The molecule has 1 N–H and O–H groups in total. The van der Waals surface area contributed by atoms with Crippen LogP contribution in [0.3, 0.4) is 0 Å². The molecular weight excluding hydrogens is 340 g/mol. The number of nitrogens with one attached hydrogen (secondary N) is 1. The molecule has 1 heterocycles. The van der Waals surface area contributed by atoms with Crippen molar-refractivity contribution in [3.8, 4) is 5.69 Å². The second-order valence-electron chi connectivity index (χ2n) is 5.32. The van der Waals surface area contributed by atoms with Crippen LogP contribution in [0.25, 0.3) is 5.69 Å². The summed E-state index contributed by atoms with van der Waals surface area (Å²) < 4.78 is 29.2. The van der Waals surface area contributed by atoms with Gasteiger partial charge in [0, 0.05) is 24.5 Å². The lowest BCUT2D eigenvalue weighted by atomic mass is 9.96. The predicted molar refractivity (Wildman–Crippen MR) is 81.7 cm³/mol. The predicted octanol–water partition coefficient (Wildman–Crippen LogP) is 4.66. The van der Waals surface area contributed by atoms with E-state index in [4.69, 9.17) is 0 Å². The normalized spacial score (nSPS) is 16.1. The Balaban J connectivity index is 1.89. The molecule has 0 unspecified atom stereocenters. The van der Waals surface area contributed by atoms with E-state index in [0.29, 0.717) is 12.0 Å². The SMILES string of the molecule is Fc1cc(F)c(-n2ccnc2NC2CCCCC2)cc1Br. The Bertz CT molecular complexity index is 636. The average Bonchev–Trinajstić information content (AvgIpc) is 2.92. The highest BCUT2D eigenvalue weighted by atomic mass is 79.9. The molecule has 1 aliphatic rings. The van der Waals surface area contributed by atoms with Gasteiger partial charge in [-0.15, -0.1) is 0 Å². The molecule has 0 bridgehead atoms. The maximum Gasteiger partial charge on any atom is 0.207 e. The number of halogens is 3. The molecule has 3 nitrogen and oxygen atoms in total. The van der Waals surface area contributed by atoms with Crippen LogP contribution in [0, 0.1) is 11.6 Å². The van der Waals surface area contributed by atoms with Crippen LogP contribution in [0.15, 0.2) is 29.0 Å². The molecule has 21 heavy (non-hydrogen) atoms. The van der Waals surface area contributed by atoms with E-state index < -0.39 is 11.6 Å². The molecule has 1 fully saturated rings. The third-order valence-electron chi connectivity index (χ3n) is 3.83. The smallest absolute Gasteiger partial charge is 0.207 e. The van der Waals surface area contributed by atoms with Crippen LogP contribution in [-0.4, -0.2) is 15.6 Å². The number of hydrogen-bond donors (Lipinski definition) is 1. The largest absolute Gasteiger partial charge is 0.353 e. The van der Waals surface area contributed by atoms with Gasteiger partial charge in [-0.25, -0.2) is 13.8 Å². The summed E-state index contributed by atoms with van der Waals surface area (Å²) in [6, 6.07) is 2.68. The molecule has 0 amide bonds. The van der Waals surface area contributed by atoms with Gasteiger partial charge in [0.25, 0.3) is 0 Å². The number of nitrogens with zero attached hydrogens (tertiary/aromatic N) is 2. The molecule has 6 heteroatoms. The minimum atomic E-state index is -0.613. The van der Waals surface area contributed by atoms with Crippen LogP contribution < -0.4 is 5.32 Å². The van der Waals surface area contributed by atoms with Gasteiger partial charge in [0.1, 0.15) is 11.6 Å². The van der Waals surface area contributed by atoms with E-state index in [2.05, 4.69) is 26.2 Å². The Kier molecular flexibility index (Phi) is 4.24. The maximum absolute atomic E-state index is 14.0. The van der Waals surface area contributed by atoms with Crippen LogP contribution in [-0.2, 0) is 0 Å². The Morgan fingerprint density at radius 2 is 1.90 bits per heavy atom. The zero-order valence-corrected chi connectivity index (χ0v) is 13.0. The molecule has 2 aromatic rings. The number of imidazole rings is 1. The fourth-order valence-electron chi connectivity index (χ4n) is 2.73. The second-order valence-corrected chi connectivity index (χ2v) is 6.17. The molecule has 3 rings (SSSR count). The van der Waals surface area contributed by atoms with Crippen molar-refractivity contribution in [3.05, 3.63) is 40.6 Å². The first-order chi connectivity index (χ1) is 10.1. The van der Waals surface area contributed by atoms with Crippen molar-refractivity contribution in [2.24, 2.45) is 0 Å². The number of anilines is 1. The molecular formula is C15H16BrF2N3. The molecule has 0 radical (unpaired) electrons. The van der Waals surface area contributed by atoms with E-state index in [1.54, 1.807) is 17.0 Å². The molecule has 0 atom stereocenters. The molecule has 1 saturated carbocycles. The third kappa shape index (κ3) is 3.10. The molecule has 0 aliphatic heterocycles. The Hall–Kier alpha value is -1.43. The van der Waals surface area contributed by atoms with Crippen LogP contribution in [0.5, 0.6) is 0 Å². The van der Waals surface area contributed by atoms with Crippen molar-refractivity contribution in [2.45, 2.75) is 38.1 Å². The van der Waals surface area contributed by atoms with Crippen molar-refractivity contribution < 1.29 is 8.78 Å². The van der Waals surface area contributed by atoms with Gasteiger partial charge in [-0.2, -0.15) is 0 Å². The second kappa shape index (κ2) is 6.13. The van der Waals surface area contributed by atoms with Gasteiger partial charge in [-0.3, -0.25) is 4.57 Å². The highest BCUT2D eigenvalue weighted by Crippen LogP contribution is 2.26.